The molecule has 29 heavy (non-hydrogen) atoms. The van der Waals surface area contributed by atoms with E-state index in [0.29, 0.717) is 46.3 Å². The fourth-order valence-corrected chi connectivity index (χ4v) is 4.29. The summed E-state index contributed by atoms with van der Waals surface area (Å²) in [6.45, 7) is 0. The summed E-state index contributed by atoms with van der Waals surface area (Å²) in [6.07, 6.45) is 1.48. The Kier molecular flexibility index (Phi) is 5.88. The molecule has 3 rings (SSSR count). The molecule has 9 heteroatoms. The molecular weight excluding hydrogens is 396 g/mol. The Hall–Kier alpha value is -2.94. The maximum absolute atomic E-state index is 12.5. The molecule has 156 valence electrons. The lowest BCUT2D eigenvalue weighted by Crippen LogP contribution is -2.26. The lowest BCUT2D eigenvalue weighted by Gasteiger charge is -2.23. The third-order valence-corrected chi connectivity index (χ3v) is 5.74. The molecule has 0 aliphatic carbocycles. The number of sulfonamides is 1. The van der Waals surface area contributed by atoms with Gasteiger partial charge in [-0.2, -0.15) is 9.52 Å². The minimum absolute atomic E-state index is 0.347. The van der Waals surface area contributed by atoms with Crippen molar-refractivity contribution in [2.24, 2.45) is 5.10 Å². The normalized spacial score (nSPS) is 16.4. The Labute approximate surface area is 170 Å². The Bertz CT molecular complexity index is 1040. The molecule has 2 aromatic carbocycles. The van der Waals surface area contributed by atoms with Crippen molar-refractivity contribution in [1.82, 2.24) is 4.41 Å². The van der Waals surface area contributed by atoms with Gasteiger partial charge in [0, 0.05) is 23.6 Å². The van der Waals surface area contributed by atoms with Gasteiger partial charge in [0.25, 0.3) is 0 Å². The van der Waals surface area contributed by atoms with Crippen LogP contribution in [-0.2, 0) is 10.0 Å². The second-order valence-electron chi connectivity index (χ2n) is 6.45. The molecular formula is C20H24N2O6S. The molecule has 0 amide bonds. The average molecular weight is 420 g/mol. The van der Waals surface area contributed by atoms with Gasteiger partial charge >= 0.3 is 0 Å². The SMILES string of the molecule is COc1ccc([C@H]2CC(c3cccc(OC)c3OC)=NN2S(C)(=O)=O)c(OC)c1. The minimum Gasteiger partial charge on any atom is -0.497 e. The molecule has 0 unspecified atom stereocenters. The number of ether oxygens (including phenoxy) is 4. The summed E-state index contributed by atoms with van der Waals surface area (Å²) >= 11 is 0. The smallest absolute Gasteiger partial charge is 0.247 e. The number of para-hydroxylation sites is 1. The number of benzene rings is 2. The molecule has 1 heterocycles. The molecule has 0 bridgehead atoms. The molecule has 8 nitrogen and oxygen atoms in total. The molecule has 1 aliphatic rings. The van der Waals surface area contributed by atoms with E-state index in [1.807, 2.05) is 12.1 Å². The summed E-state index contributed by atoms with van der Waals surface area (Å²) in [5, 5.41) is 4.43. The van der Waals surface area contributed by atoms with Gasteiger partial charge in [-0.3, -0.25) is 0 Å². The van der Waals surface area contributed by atoms with Gasteiger partial charge in [-0.25, -0.2) is 8.42 Å². The second-order valence-corrected chi connectivity index (χ2v) is 8.29. The monoisotopic (exact) mass is 420 g/mol. The Balaban J connectivity index is 2.10. The summed E-state index contributed by atoms with van der Waals surface area (Å²) in [7, 11) is 2.55. The van der Waals surface area contributed by atoms with Gasteiger partial charge in [-0.05, 0) is 24.3 Å². The first-order valence-electron chi connectivity index (χ1n) is 8.84. The third kappa shape index (κ3) is 3.95. The number of rotatable bonds is 7. The first-order valence-corrected chi connectivity index (χ1v) is 10.7. The molecule has 1 aliphatic heterocycles. The van der Waals surface area contributed by atoms with E-state index in [0.717, 1.165) is 10.7 Å². The molecule has 0 N–H and O–H groups in total. The third-order valence-electron chi connectivity index (χ3n) is 4.73. The van der Waals surface area contributed by atoms with E-state index in [4.69, 9.17) is 18.9 Å². The van der Waals surface area contributed by atoms with Gasteiger partial charge in [0.1, 0.15) is 11.5 Å². The van der Waals surface area contributed by atoms with Crippen LogP contribution in [0.5, 0.6) is 23.0 Å². The van der Waals surface area contributed by atoms with Gasteiger partial charge < -0.3 is 18.9 Å². The maximum Gasteiger partial charge on any atom is 0.247 e. The van der Waals surface area contributed by atoms with E-state index in [2.05, 4.69) is 5.10 Å². The molecule has 2 aromatic rings. The average Bonchev–Trinajstić information content (AvgIpc) is 3.18. The van der Waals surface area contributed by atoms with Crippen LogP contribution in [-0.4, -0.2) is 53.2 Å². The first kappa shape index (κ1) is 20.8. The summed E-state index contributed by atoms with van der Waals surface area (Å²) in [5.41, 5.74) is 1.95. The van der Waals surface area contributed by atoms with E-state index in [1.165, 1.54) is 14.2 Å². The fraction of sp³-hybridized carbons (Fsp3) is 0.350. The molecule has 0 spiro atoms. The highest BCUT2D eigenvalue weighted by molar-refractivity contribution is 7.88. The standard InChI is InChI=1S/C20H24N2O6S/c1-25-13-9-10-15(19(11-13)27-3)17-12-16(21-22(17)29(5,23)24)14-7-6-8-18(26-2)20(14)28-4/h6-11,17H,12H2,1-5H3/t17-/m1/s1. The van der Waals surface area contributed by atoms with Crippen LogP contribution in [0.1, 0.15) is 23.6 Å². The summed E-state index contributed by atoms with van der Waals surface area (Å²) in [4.78, 5) is 0. The van der Waals surface area contributed by atoms with Crippen LogP contribution in [0.4, 0.5) is 0 Å². The predicted octanol–water partition coefficient (Wildman–Crippen LogP) is 2.83. The van der Waals surface area contributed by atoms with Gasteiger partial charge in [0.2, 0.25) is 10.0 Å². The highest BCUT2D eigenvalue weighted by Gasteiger charge is 2.37. The van der Waals surface area contributed by atoms with E-state index < -0.39 is 16.1 Å². The van der Waals surface area contributed by atoms with Crippen molar-refractivity contribution in [2.75, 3.05) is 34.7 Å². The molecule has 0 aromatic heterocycles. The topological polar surface area (TPSA) is 86.7 Å². The highest BCUT2D eigenvalue weighted by atomic mass is 32.2. The van der Waals surface area contributed by atoms with Crippen molar-refractivity contribution < 1.29 is 27.4 Å². The van der Waals surface area contributed by atoms with E-state index in [1.54, 1.807) is 38.5 Å². The highest BCUT2D eigenvalue weighted by Crippen LogP contribution is 2.42. The lowest BCUT2D eigenvalue weighted by molar-refractivity contribution is 0.348. The van der Waals surface area contributed by atoms with Crippen LogP contribution in [0.25, 0.3) is 0 Å². The zero-order valence-electron chi connectivity index (χ0n) is 17.0. The number of hydrogen-bond acceptors (Lipinski definition) is 7. The number of hydrogen-bond donors (Lipinski definition) is 0. The first-order chi connectivity index (χ1) is 13.8. The zero-order valence-corrected chi connectivity index (χ0v) is 17.8. The maximum atomic E-state index is 12.5. The number of nitrogens with zero attached hydrogens (tertiary/aromatic N) is 2. The zero-order chi connectivity index (χ0) is 21.2. The summed E-state index contributed by atoms with van der Waals surface area (Å²) in [5.74, 6) is 2.19. The van der Waals surface area contributed by atoms with Crippen LogP contribution in [0, 0.1) is 0 Å². The molecule has 0 fully saturated rings. The number of hydrazone groups is 1. The summed E-state index contributed by atoms with van der Waals surface area (Å²) in [6, 6.07) is 10.1. The second kappa shape index (κ2) is 8.20. The predicted molar refractivity (Wildman–Crippen MR) is 110 cm³/mol. The quantitative estimate of drug-likeness (QED) is 0.685. The Morgan fingerprint density at radius 3 is 2.28 bits per heavy atom. The summed E-state index contributed by atoms with van der Waals surface area (Å²) < 4.78 is 47.7. The van der Waals surface area contributed by atoms with Crippen LogP contribution in [0.2, 0.25) is 0 Å². The van der Waals surface area contributed by atoms with Gasteiger partial charge in [0.05, 0.1) is 46.4 Å². The molecule has 0 radical (unpaired) electrons. The van der Waals surface area contributed by atoms with Crippen LogP contribution in [0.3, 0.4) is 0 Å². The van der Waals surface area contributed by atoms with Crippen molar-refractivity contribution in [3.63, 3.8) is 0 Å². The van der Waals surface area contributed by atoms with Crippen molar-refractivity contribution in [3.8, 4) is 23.0 Å². The largest absolute Gasteiger partial charge is 0.497 e. The van der Waals surface area contributed by atoms with Crippen molar-refractivity contribution in [1.29, 1.82) is 0 Å². The number of methoxy groups -OCH3 is 4. The van der Waals surface area contributed by atoms with Crippen LogP contribution in [0.15, 0.2) is 41.5 Å². The van der Waals surface area contributed by atoms with E-state index in [-0.39, 0.29) is 0 Å². The lowest BCUT2D eigenvalue weighted by atomic mass is 9.97. The Morgan fingerprint density at radius 2 is 1.69 bits per heavy atom. The minimum atomic E-state index is -3.63. The van der Waals surface area contributed by atoms with Crippen molar-refractivity contribution in [3.05, 3.63) is 47.5 Å². The van der Waals surface area contributed by atoms with E-state index >= 15 is 0 Å². The molecule has 1 atom stereocenters. The molecule has 0 saturated carbocycles. The van der Waals surface area contributed by atoms with Gasteiger partial charge in [-0.1, -0.05) is 6.07 Å². The van der Waals surface area contributed by atoms with Crippen LogP contribution < -0.4 is 18.9 Å². The molecule has 0 saturated heterocycles. The van der Waals surface area contributed by atoms with Crippen molar-refractivity contribution >= 4 is 15.7 Å². The Morgan fingerprint density at radius 1 is 0.966 bits per heavy atom. The van der Waals surface area contributed by atoms with Gasteiger partial charge in [0.15, 0.2) is 11.5 Å². The van der Waals surface area contributed by atoms with E-state index in [9.17, 15) is 8.42 Å². The fourth-order valence-electron chi connectivity index (χ4n) is 3.40. The van der Waals surface area contributed by atoms with Crippen molar-refractivity contribution in [2.45, 2.75) is 12.5 Å². The van der Waals surface area contributed by atoms with Gasteiger partial charge in [-0.15, -0.1) is 0 Å². The van der Waals surface area contributed by atoms with Crippen LogP contribution >= 0.6 is 0 Å².